The van der Waals surface area contributed by atoms with Crippen molar-refractivity contribution in [3.8, 4) is 17.0 Å². The molecule has 3 rings (SSSR count). The van der Waals surface area contributed by atoms with Gasteiger partial charge in [-0.1, -0.05) is 6.07 Å². The quantitative estimate of drug-likeness (QED) is 0.761. The molecule has 2 N–H and O–H groups in total. The summed E-state index contributed by atoms with van der Waals surface area (Å²) in [5.41, 5.74) is -1.18. The Morgan fingerprint density at radius 2 is 2.00 bits per heavy atom. The summed E-state index contributed by atoms with van der Waals surface area (Å²) in [6.45, 7) is 2.27. The van der Waals surface area contributed by atoms with E-state index in [1.165, 1.54) is 16.9 Å². The molecule has 7 heteroatoms. The number of aromatic amines is 1. The van der Waals surface area contributed by atoms with Crippen LogP contribution in [0.3, 0.4) is 0 Å². The van der Waals surface area contributed by atoms with Crippen molar-refractivity contribution in [3.05, 3.63) is 46.3 Å². The third kappa shape index (κ3) is 1.89. The standard InChI is InChI=1S/C14H11F2N3O2/c1-2-19-14-7(6-17-19)12(20)13(21)11(18-14)10-8(15)4-3-5-9(10)16/h3-6,21H,2H2,1H3,(H,18,20). The van der Waals surface area contributed by atoms with Crippen LogP contribution in [0.2, 0.25) is 0 Å². The number of nitrogens with zero attached hydrogens (tertiary/aromatic N) is 2. The van der Waals surface area contributed by atoms with Gasteiger partial charge in [-0.25, -0.2) is 13.5 Å². The molecule has 108 valence electrons. The number of rotatable bonds is 2. The van der Waals surface area contributed by atoms with Gasteiger partial charge in [0.1, 0.15) is 17.3 Å². The van der Waals surface area contributed by atoms with Crippen molar-refractivity contribution < 1.29 is 13.9 Å². The number of hydrogen-bond acceptors (Lipinski definition) is 3. The molecule has 0 fully saturated rings. The highest BCUT2D eigenvalue weighted by molar-refractivity contribution is 5.82. The van der Waals surface area contributed by atoms with E-state index in [0.29, 0.717) is 12.2 Å². The summed E-state index contributed by atoms with van der Waals surface area (Å²) in [6.07, 6.45) is 1.30. The lowest BCUT2D eigenvalue weighted by molar-refractivity contribution is 0.469. The highest BCUT2D eigenvalue weighted by Gasteiger charge is 2.20. The van der Waals surface area contributed by atoms with E-state index in [4.69, 9.17) is 0 Å². The minimum Gasteiger partial charge on any atom is -0.503 e. The first kappa shape index (κ1) is 13.3. The molecule has 0 amide bonds. The van der Waals surface area contributed by atoms with E-state index in [9.17, 15) is 18.7 Å². The van der Waals surface area contributed by atoms with Gasteiger partial charge in [-0.2, -0.15) is 5.10 Å². The number of aryl methyl sites for hydroxylation is 1. The lowest BCUT2D eigenvalue weighted by Gasteiger charge is -2.08. The van der Waals surface area contributed by atoms with Crippen molar-refractivity contribution in [1.29, 1.82) is 0 Å². The Morgan fingerprint density at radius 3 is 2.62 bits per heavy atom. The van der Waals surface area contributed by atoms with Crippen LogP contribution in [0.15, 0.2) is 29.2 Å². The van der Waals surface area contributed by atoms with Gasteiger partial charge in [-0.15, -0.1) is 0 Å². The molecule has 0 unspecified atom stereocenters. The largest absolute Gasteiger partial charge is 0.503 e. The van der Waals surface area contributed by atoms with Crippen molar-refractivity contribution >= 4 is 11.0 Å². The number of nitrogens with one attached hydrogen (secondary N) is 1. The number of fused-ring (bicyclic) bond motifs is 1. The first-order chi connectivity index (χ1) is 10.0. The zero-order chi connectivity index (χ0) is 15.1. The molecular weight excluding hydrogens is 280 g/mol. The van der Waals surface area contributed by atoms with Crippen molar-refractivity contribution in [1.82, 2.24) is 14.8 Å². The summed E-state index contributed by atoms with van der Waals surface area (Å²) in [6, 6.07) is 3.31. The average Bonchev–Trinajstić information content (AvgIpc) is 2.87. The zero-order valence-electron chi connectivity index (χ0n) is 11.0. The SMILES string of the molecule is CCn1ncc2c(=O)c(O)c(-c3c(F)cccc3F)[nH]c21. The van der Waals surface area contributed by atoms with Crippen molar-refractivity contribution in [2.75, 3.05) is 0 Å². The number of aromatic hydroxyl groups is 1. The minimum atomic E-state index is -0.872. The molecule has 0 aliphatic carbocycles. The highest BCUT2D eigenvalue weighted by atomic mass is 19.1. The summed E-state index contributed by atoms with van der Waals surface area (Å²) in [5.74, 6) is -2.48. The third-order valence-corrected chi connectivity index (χ3v) is 3.29. The maximum Gasteiger partial charge on any atom is 0.234 e. The van der Waals surface area contributed by atoms with Crippen LogP contribution in [0.1, 0.15) is 6.92 Å². The summed E-state index contributed by atoms with van der Waals surface area (Å²) in [4.78, 5) is 14.8. The molecule has 0 aliphatic rings. The van der Waals surface area contributed by atoms with E-state index in [-0.39, 0.29) is 11.1 Å². The normalized spacial score (nSPS) is 11.2. The molecule has 0 aliphatic heterocycles. The van der Waals surface area contributed by atoms with E-state index in [1.807, 2.05) is 0 Å². The average molecular weight is 291 g/mol. The van der Waals surface area contributed by atoms with Crippen LogP contribution < -0.4 is 5.43 Å². The molecule has 5 nitrogen and oxygen atoms in total. The van der Waals surface area contributed by atoms with Gasteiger partial charge in [-0.3, -0.25) is 4.79 Å². The molecular formula is C14H11F2N3O2. The molecule has 0 saturated heterocycles. The van der Waals surface area contributed by atoms with Crippen LogP contribution in [-0.4, -0.2) is 19.9 Å². The second-order valence-corrected chi connectivity index (χ2v) is 4.50. The Kier molecular flexibility index (Phi) is 2.97. The Hall–Kier alpha value is -2.70. The molecule has 2 aromatic heterocycles. The van der Waals surface area contributed by atoms with Crippen molar-refractivity contribution in [2.24, 2.45) is 0 Å². The first-order valence-electron chi connectivity index (χ1n) is 6.29. The second-order valence-electron chi connectivity index (χ2n) is 4.50. The van der Waals surface area contributed by atoms with Crippen molar-refractivity contribution in [3.63, 3.8) is 0 Å². The molecule has 0 bridgehead atoms. The predicted octanol–water partition coefficient (Wildman–Crippen LogP) is 2.40. The van der Waals surface area contributed by atoms with E-state index in [2.05, 4.69) is 10.1 Å². The first-order valence-corrected chi connectivity index (χ1v) is 6.29. The van der Waals surface area contributed by atoms with Crippen LogP contribution >= 0.6 is 0 Å². The molecule has 0 spiro atoms. The fourth-order valence-corrected chi connectivity index (χ4v) is 2.26. The van der Waals surface area contributed by atoms with Gasteiger partial charge in [0.15, 0.2) is 5.75 Å². The van der Waals surface area contributed by atoms with Crippen LogP contribution in [0.25, 0.3) is 22.3 Å². The molecule has 0 radical (unpaired) electrons. The summed E-state index contributed by atoms with van der Waals surface area (Å²) in [7, 11) is 0. The second kappa shape index (κ2) is 4.69. The Labute approximate surface area is 117 Å². The van der Waals surface area contributed by atoms with Crippen LogP contribution in [-0.2, 0) is 6.54 Å². The fourth-order valence-electron chi connectivity index (χ4n) is 2.26. The lowest BCUT2D eigenvalue weighted by Crippen LogP contribution is -2.07. The van der Waals surface area contributed by atoms with Gasteiger partial charge >= 0.3 is 0 Å². The summed E-state index contributed by atoms with van der Waals surface area (Å²) < 4.78 is 29.2. The molecule has 0 saturated carbocycles. The lowest BCUT2D eigenvalue weighted by atomic mass is 10.1. The molecule has 2 heterocycles. The summed E-state index contributed by atoms with van der Waals surface area (Å²) in [5, 5.41) is 14.1. The van der Waals surface area contributed by atoms with Crippen molar-refractivity contribution in [2.45, 2.75) is 13.5 Å². The van der Waals surface area contributed by atoms with Crippen LogP contribution in [0.5, 0.6) is 5.75 Å². The molecule has 21 heavy (non-hydrogen) atoms. The maximum atomic E-state index is 13.9. The predicted molar refractivity (Wildman–Crippen MR) is 73.0 cm³/mol. The topological polar surface area (TPSA) is 70.9 Å². The number of pyridine rings is 1. The molecule has 1 aromatic carbocycles. The minimum absolute atomic E-state index is 0.162. The van der Waals surface area contributed by atoms with E-state index < -0.39 is 28.4 Å². The van der Waals surface area contributed by atoms with Gasteiger partial charge in [0.05, 0.1) is 22.8 Å². The van der Waals surface area contributed by atoms with E-state index in [0.717, 1.165) is 12.1 Å². The highest BCUT2D eigenvalue weighted by Crippen LogP contribution is 2.30. The van der Waals surface area contributed by atoms with Crippen LogP contribution in [0.4, 0.5) is 8.78 Å². The number of aromatic nitrogens is 3. The zero-order valence-corrected chi connectivity index (χ0v) is 11.0. The number of hydrogen-bond donors (Lipinski definition) is 2. The Morgan fingerprint density at radius 1 is 1.33 bits per heavy atom. The van der Waals surface area contributed by atoms with Gasteiger partial charge in [0, 0.05) is 6.54 Å². The Balaban J connectivity index is 2.43. The van der Waals surface area contributed by atoms with Crippen LogP contribution in [0, 0.1) is 11.6 Å². The Bertz CT molecular complexity index is 879. The number of benzene rings is 1. The number of H-pyrrole nitrogens is 1. The maximum absolute atomic E-state index is 13.9. The van der Waals surface area contributed by atoms with E-state index in [1.54, 1.807) is 6.92 Å². The van der Waals surface area contributed by atoms with E-state index >= 15 is 0 Å². The summed E-state index contributed by atoms with van der Waals surface area (Å²) >= 11 is 0. The van der Waals surface area contributed by atoms with Gasteiger partial charge in [0.25, 0.3) is 0 Å². The monoisotopic (exact) mass is 291 g/mol. The van der Waals surface area contributed by atoms with Gasteiger partial charge < -0.3 is 10.1 Å². The number of halogens is 2. The molecule has 3 aromatic rings. The molecule has 0 atom stereocenters. The fraction of sp³-hybridized carbons (Fsp3) is 0.143. The third-order valence-electron chi connectivity index (χ3n) is 3.29. The van der Waals surface area contributed by atoms with Gasteiger partial charge in [0.2, 0.25) is 5.43 Å². The van der Waals surface area contributed by atoms with Gasteiger partial charge in [-0.05, 0) is 19.1 Å². The smallest absolute Gasteiger partial charge is 0.234 e.